The number of amides is 2. The van der Waals surface area contributed by atoms with E-state index >= 15 is 0 Å². The van der Waals surface area contributed by atoms with Gasteiger partial charge in [-0.25, -0.2) is 4.79 Å². The van der Waals surface area contributed by atoms with Crippen molar-refractivity contribution in [3.63, 3.8) is 0 Å². The van der Waals surface area contributed by atoms with Gasteiger partial charge in [0.2, 0.25) is 0 Å². The Kier molecular flexibility index (Phi) is 6.73. The van der Waals surface area contributed by atoms with Crippen molar-refractivity contribution >= 4 is 12.0 Å². The SMILES string of the molecule is CC(CCCC(=O)O)NC(=O)N(C)CC(C)(C)C. The Labute approximate surface area is 110 Å². The smallest absolute Gasteiger partial charge is 0.317 e. The van der Waals surface area contributed by atoms with Crippen molar-refractivity contribution in [3.05, 3.63) is 0 Å². The number of carboxylic acids is 1. The van der Waals surface area contributed by atoms with Gasteiger partial charge in [0.25, 0.3) is 0 Å². The monoisotopic (exact) mass is 258 g/mol. The summed E-state index contributed by atoms with van der Waals surface area (Å²) in [6.45, 7) is 8.80. The van der Waals surface area contributed by atoms with E-state index in [1.165, 1.54) is 0 Å². The summed E-state index contributed by atoms with van der Waals surface area (Å²) in [5.41, 5.74) is 0.0681. The summed E-state index contributed by atoms with van der Waals surface area (Å²) in [5, 5.41) is 11.4. The van der Waals surface area contributed by atoms with Gasteiger partial charge in [0.1, 0.15) is 0 Å². The summed E-state index contributed by atoms with van der Waals surface area (Å²) in [4.78, 5) is 23.9. The van der Waals surface area contributed by atoms with Crippen molar-refractivity contribution in [1.29, 1.82) is 0 Å². The molecule has 2 amide bonds. The third-order valence-corrected chi connectivity index (χ3v) is 2.46. The zero-order valence-electron chi connectivity index (χ0n) is 12.1. The van der Waals surface area contributed by atoms with Crippen molar-refractivity contribution in [2.24, 2.45) is 5.41 Å². The number of carbonyl (C=O) groups excluding carboxylic acids is 1. The molecule has 0 aliphatic rings. The maximum Gasteiger partial charge on any atom is 0.317 e. The van der Waals surface area contributed by atoms with E-state index in [9.17, 15) is 9.59 Å². The van der Waals surface area contributed by atoms with Gasteiger partial charge in [0.05, 0.1) is 0 Å². The molecular weight excluding hydrogens is 232 g/mol. The summed E-state index contributed by atoms with van der Waals surface area (Å²) in [6.07, 6.45) is 1.42. The average Bonchev–Trinajstić information content (AvgIpc) is 2.13. The third kappa shape index (κ3) is 8.84. The quantitative estimate of drug-likeness (QED) is 0.768. The van der Waals surface area contributed by atoms with Crippen LogP contribution in [0, 0.1) is 5.41 Å². The first-order valence-corrected chi connectivity index (χ1v) is 6.35. The van der Waals surface area contributed by atoms with Crippen LogP contribution < -0.4 is 5.32 Å². The summed E-state index contributed by atoms with van der Waals surface area (Å²) in [5.74, 6) is -0.793. The zero-order valence-corrected chi connectivity index (χ0v) is 12.1. The number of nitrogens with zero attached hydrogens (tertiary/aromatic N) is 1. The molecule has 0 aromatic rings. The molecule has 0 aromatic carbocycles. The Morgan fingerprint density at radius 2 is 1.89 bits per heavy atom. The standard InChI is InChI=1S/C13H26N2O3/c1-10(7-6-8-11(16)17)14-12(18)15(5)9-13(2,3)4/h10H,6-9H2,1-5H3,(H,14,18)(H,16,17). The lowest BCUT2D eigenvalue weighted by molar-refractivity contribution is -0.137. The van der Waals surface area contributed by atoms with Gasteiger partial charge in [-0.2, -0.15) is 0 Å². The molecule has 2 N–H and O–H groups in total. The number of aliphatic carboxylic acids is 1. The summed E-state index contributed by atoms with van der Waals surface area (Å²) >= 11 is 0. The van der Waals surface area contributed by atoms with Crippen molar-refractivity contribution in [2.45, 2.75) is 53.0 Å². The molecule has 0 bridgehead atoms. The number of rotatable bonds is 6. The molecule has 0 heterocycles. The van der Waals surface area contributed by atoms with Crippen LogP contribution in [0.4, 0.5) is 4.79 Å². The Bertz CT molecular complexity index is 284. The molecule has 0 aliphatic carbocycles. The molecule has 0 radical (unpaired) electrons. The van der Waals surface area contributed by atoms with Crippen LogP contribution in [0.5, 0.6) is 0 Å². The minimum absolute atomic E-state index is 0.000677. The number of nitrogens with one attached hydrogen (secondary N) is 1. The van der Waals surface area contributed by atoms with Gasteiger partial charge in [0.15, 0.2) is 0 Å². The number of hydrogen-bond donors (Lipinski definition) is 2. The van der Waals surface area contributed by atoms with Crippen LogP contribution in [0.15, 0.2) is 0 Å². The van der Waals surface area contributed by atoms with Crippen molar-refractivity contribution < 1.29 is 14.7 Å². The van der Waals surface area contributed by atoms with Crippen LogP contribution in [0.2, 0.25) is 0 Å². The Hall–Kier alpha value is -1.26. The molecule has 0 saturated carbocycles. The van der Waals surface area contributed by atoms with E-state index in [2.05, 4.69) is 26.1 Å². The van der Waals surface area contributed by atoms with Crippen molar-refractivity contribution in [3.8, 4) is 0 Å². The van der Waals surface area contributed by atoms with Crippen molar-refractivity contribution in [2.75, 3.05) is 13.6 Å². The highest BCUT2D eigenvalue weighted by molar-refractivity contribution is 5.74. The van der Waals surface area contributed by atoms with E-state index in [0.717, 1.165) is 0 Å². The lowest BCUT2D eigenvalue weighted by Crippen LogP contribution is -2.44. The van der Waals surface area contributed by atoms with Gasteiger partial charge in [-0.3, -0.25) is 4.79 Å². The Morgan fingerprint density at radius 3 is 2.33 bits per heavy atom. The van der Waals surface area contributed by atoms with E-state index in [1.54, 1.807) is 11.9 Å². The highest BCUT2D eigenvalue weighted by atomic mass is 16.4. The van der Waals surface area contributed by atoms with Gasteiger partial charge in [-0.1, -0.05) is 20.8 Å². The van der Waals surface area contributed by atoms with Crippen molar-refractivity contribution in [1.82, 2.24) is 10.2 Å². The number of carboxylic acid groups (broad SMARTS) is 1. The first kappa shape index (κ1) is 16.7. The summed E-state index contributed by atoms with van der Waals surface area (Å²) in [7, 11) is 1.77. The fourth-order valence-electron chi connectivity index (χ4n) is 1.74. The molecule has 5 heteroatoms. The maximum absolute atomic E-state index is 11.8. The van der Waals surface area contributed by atoms with Crippen LogP contribution in [-0.4, -0.2) is 41.6 Å². The Balaban J connectivity index is 3.96. The average molecular weight is 258 g/mol. The van der Waals surface area contributed by atoms with Gasteiger partial charge < -0.3 is 15.3 Å². The molecule has 0 aromatic heterocycles. The van der Waals surface area contributed by atoms with E-state index in [4.69, 9.17) is 5.11 Å². The first-order valence-electron chi connectivity index (χ1n) is 6.35. The molecule has 0 fully saturated rings. The van der Waals surface area contributed by atoms with E-state index in [1.807, 2.05) is 6.92 Å². The van der Waals surface area contributed by atoms with E-state index in [-0.39, 0.29) is 23.9 Å². The molecular formula is C13H26N2O3. The number of urea groups is 1. The van der Waals surface area contributed by atoms with Crippen LogP contribution in [-0.2, 0) is 4.79 Å². The predicted molar refractivity (Wildman–Crippen MR) is 71.6 cm³/mol. The van der Waals surface area contributed by atoms with Gasteiger partial charge in [-0.15, -0.1) is 0 Å². The fraction of sp³-hybridized carbons (Fsp3) is 0.846. The second kappa shape index (κ2) is 7.24. The number of hydrogen-bond acceptors (Lipinski definition) is 2. The Morgan fingerprint density at radius 1 is 1.33 bits per heavy atom. The van der Waals surface area contributed by atoms with E-state index in [0.29, 0.717) is 19.4 Å². The molecule has 0 saturated heterocycles. The second-order valence-electron chi connectivity index (χ2n) is 6.05. The van der Waals surface area contributed by atoms with Gasteiger partial charge in [0, 0.05) is 26.1 Å². The molecule has 1 atom stereocenters. The predicted octanol–water partition coefficient (Wildman–Crippen LogP) is 2.32. The zero-order chi connectivity index (χ0) is 14.3. The topological polar surface area (TPSA) is 69.6 Å². The normalized spacial score (nSPS) is 12.9. The highest BCUT2D eigenvalue weighted by Crippen LogP contribution is 2.14. The highest BCUT2D eigenvalue weighted by Gasteiger charge is 2.18. The summed E-state index contributed by atoms with van der Waals surface area (Å²) < 4.78 is 0. The second-order valence-corrected chi connectivity index (χ2v) is 6.05. The van der Waals surface area contributed by atoms with Gasteiger partial charge in [-0.05, 0) is 25.2 Å². The van der Waals surface area contributed by atoms with Crippen LogP contribution in [0.1, 0.15) is 47.0 Å². The minimum Gasteiger partial charge on any atom is -0.481 e. The number of carbonyl (C=O) groups is 2. The van der Waals surface area contributed by atoms with Crippen LogP contribution in [0.25, 0.3) is 0 Å². The largest absolute Gasteiger partial charge is 0.481 e. The van der Waals surface area contributed by atoms with Gasteiger partial charge >= 0.3 is 12.0 Å². The molecule has 18 heavy (non-hydrogen) atoms. The lowest BCUT2D eigenvalue weighted by atomic mass is 9.96. The summed E-state index contributed by atoms with van der Waals surface area (Å²) in [6, 6.07) is -0.105. The minimum atomic E-state index is -0.793. The molecule has 5 nitrogen and oxygen atoms in total. The fourth-order valence-corrected chi connectivity index (χ4v) is 1.74. The molecule has 0 rings (SSSR count). The maximum atomic E-state index is 11.8. The third-order valence-electron chi connectivity index (χ3n) is 2.46. The first-order chi connectivity index (χ1) is 8.11. The molecule has 1 unspecified atom stereocenters. The molecule has 0 spiro atoms. The lowest BCUT2D eigenvalue weighted by Gasteiger charge is -2.28. The van der Waals surface area contributed by atoms with E-state index < -0.39 is 5.97 Å². The molecule has 0 aliphatic heterocycles. The van der Waals surface area contributed by atoms with Crippen LogP contribution >= 0.6 is 0 Å². The van der Waals surface area contributed by atoms with Crippen LogP contribution in [0.3, 0.4) is 0 Å². The molecule has 106 valence electrons.